The molecule has 0 saturated heterocycles. The first-order valence-corrected chi connectivity index (χ1v) is 6.15. The molecule has 0 spiro atoms. The molecule has 0 aliphatic rings. The molecule has 0 amide bonds. The highest BCUT2D eigenvalue weighted by Gasteiger charge is 2.14. The van der Waals surface area contributed by atoms with E-state index in [-0.39, 0.29) is 10.0 Å². The molecule has 1 heterocycles. The fourth-order valence-electron chi connectivity index (χ4n) is 1.56. The summed E-state index contributed by atoms with van der Waals surface area (Å²) >= 11 is 2.91. The molecule has 1 aromatic carbocycles. The van der Waals surface area contributed by atoms with Crippen LogP contribution in [-0.4, -0.2) is 15.3 Å². The number of halogens is 3. The summed E-state index contributed by atoms with van der Waals surface area (Å²) in [5.41, 5.74) is -1.76. The SMILES string of the molecule is O=C(Cn1cc(Br)c(=O)[nH]c1=O)c1ccc(F)cc1F. The van der Waals surface area contributed by atoms with Crippen molar-refractivity contribution in [2.45, 2.75) is 6.54 Å². The Kier molecular flexibility index (Phi) is 3.93. The van der Waals surface area contributed by atoms with Crippen LogP contribution >= 0.6 is 15.9 Å². The topological polar surface area (TPSA) is 71.9 Å². The van der Waals surface area contributed by atoms with E-state index < -0.39 is 35.2 Å². The van der Waals surface area contributed by atoms with Gasteiger partial charge >= 0.3 is 5.69 Å². The molecule has 2 rings (SSSR count). The smallest absolute Gasteiger partial charge is 0.292 e. The Morgan fingerprint density at radius 2 is 2.00 bits per heavy atom. The summed E-state index contributed by atoms with van der Waals surface area (Å²) in [6, 6.07) is 2.53. The Bertz CT molecular complexity index is 798. The van der Waals surface area contributed by atoms with Gasteiger partial charge in [-0.15, -0.1) is 0 Å². The van der Waals surface area contributed by atoms with Crippen LogP contribution in [0.2, 0.25) is 0 Å². The van der Waals surface area contributed by atoms with Gasteiger partial charge in [0.15, 0.2) is 5.78 Å². The van der Waals surface area contributed by atoms with Gasteiger partial charge in [0.25, 0.3) is 5.56 Å². The molecule has 104 valence electrons. The van der Waals surface area contributed by atoms with Crippen LogP contribution in [0.1, 0.15) is 10.4 Å². The zero-order valence-electron chi connectivity index (χ0n) is 9.82. The van der Waals surface area contributed by atoms with Gasteiger partial charge in [0.1, 0.15) is 11.6 Å². The molecular weight excluding hydrogens is 338 g/mol. The first-order chi connectivity index (χ1) is 9.38. The molecule has 1 aromatic heterocycles. The number of nitrogens with one attached hydrogen (secondary N) is 1. The van der Waals surface area contributed by atoms with E-state index in [4.69, 9.17) is 0 Å². The third-order valence-corrected chi connectivity index (χ3v) is 3.08. The zero-order valence-corrected chi connectivity index (χ0v) is 11.4. The Morgan fingerprint density at radius 1 is 1.30 bits per heavy atom. The lowest BCUT2D eigenvalue weighted by Crippen LogP contribution is -2.32. The maximum absolute atomic E-state index is 13.4. The number of H-pyrrole nitrogens is 1. The number of carbonyl (C=O) groups is 1. The number of hydrogen-bond donors (Lipinski definition) is 1. The van der Waals surface area contributed by atoms with Crippen molar-refractivity contribution in [2.75, 3.05) is 0 Å². The first-order valence-electron chi connectivity index (χ1n) is 5.36. The number of benzene rings is 1. The molecule has 0 radical (unpaired) electrons. The van der Waals surface area contributed by atoms with E-state index in [0.29, 0.717) is 6.07 Å². The van der Waals surface area contributed by atoms with Gasteiger partial charge in [-0.2, -0.15) is 0 Å². The van der Waals surface area contributed by atoms with Gasteiger partial charge in [0, 0.05) is 12.3 Å². The van der Waals surface area contributed by atoms with Crippen molar-refractivity contribution in [3.63, 3.8) is 0 Å². The minimum absolute atomic E-state index is 0.0597. The normalized spacial score (nSPS) is 10.6. The fourth-order valence-corrected chi connectivity index (χ4v) is 1.90. The molecule has 0 fully saturated rings. The number of ketones is 1. The highest BCUT2D eigenvalue weighted by atomic mass is 79.9. The van der Waals surface area contributed by atoms with Gasteiger partial charge in [-0.25, -0.2) is 13.6 Å². The minimum atomic E-state index is -1.01. The molecule has 0 unspecified atom stereocenters. The van der Waals surface area contributed by atoms with E-state index in [9.17, 15) is 23.2 Å². The van der Waals surface area contributed by atoms with Crippen molar-refractivity contribution in [1.29, 1.82) is 0 Å². The highest BCUT2D eigenvalue weighted by Crippen LogP contribution is 2.11. The summed E-state index contributed by atoms with van der Waals surface area (Å²) in [5, 5.41) is 0. The van der Waals surface area contributed by atoms with Crippen LogP contribution in [-0.2, 0) is 6.54 Å². The summed E-state index contributed by atoms with van der Waals surface area (Å²) in [5.74, 6) is -2.53. The molecule has 0 aliphatic heterocycles. The minimum Gasteiger partial charge on any atom is -0.292 e. The standard InChI is InChI=1S/C12H7BrF2N2O3/c13-8-4-17(12(20)16-11(8)19)5-10(18)7-2-1-6(14)3-9(7)15/h1-4H,5H2,(H,16,19,20). The second-order valence-corrected chi connectivity index (χ2v) is 4.77. The average molecular weight is 345 g/mol. The summed E-state index contributed by atoms with van der Waals surface area (Å²) in [7, 11) is 0. The highest BCUT2D eigenvalue weighted by molar-refractivity contribution is 9.10. The number of rotatable bonds is 3. The van der Waals surface area contributed by atoms with Gasteiger partial charge in [-0.05, 0) is 28.1 Å². The van der Waals surface area contributed by atoms with E-state index >= 15 is 0 Å². The van der Waals surface area contributed by atoms with Crippen molar-refractivity contribution in [1.82, 2.24) is 9.55 Å². The molecule has 0 bridgehead atoms. The number of carbonyl (C=O) groups excluding carboxylic acids is 1. The number of aromatic amines is 1. The number of aromatic nitrogens is 2. The number of hydrogen-bond acceptors (Lipinski definition) is 3. The summed E-state index contributed by atoms with van der Waals surface area (Å²) < 4.78 is 27.2. The monoisotopic (exact) mass is 344 g/mol. The molecule has 0 atom stereocenters. The van der Waals surface area contributed by atoms with E-state index in [1.807, 2.05) is 4.98 Å². The predicted octanol–water partition coefficient (Wildman–Crippen LogP) is 1.46. The van der Waals surface area contributed by atoms with Gasteiger partial charge in [-0.1, -0.05) is 0 Å². The van der Waals surface area contributed by atoms with Crippen LogP contribution in [0.5, 0.6) is 0 Å². The quantitative estimate of drug-likeness (QED) is 0.857. The first kappa shape index (κ1) is 14.3. The molecule has 1 N–H and O–H groups in total. The van der Waals surface area contributed by atoms with Crippen LogP contribution < -0.4 is 11.2 Å². The Labute approximate surface area is 119 Å². The second kappa shape index (κ2) is 5.49. The summed E-state index contributed by atoms with van der Waals surface area (Å²) in [6.45, 7) is -0.475. The molecular formula is C12H7BrF2N2O3. The Balaban J connectivity index is 2.35. The third-order valence-electron chi connectivity index (χ3n) is 2.51. The number of nitrogens with zero attached hydrogens (tertiary/aromatic N) is 1. The van der Waals surface area contributed by atoms with Crippen LogP contribution in [0.4, 0.5) is 8.78 Å². The largest absolute Gasteiger partial charge is 0.328 e. The molecule has 5 nitrogen and oxygen atoms in total. The third kappa shape index (κ3) is 2.90. The van der Waals surface area contributed by atoms with Crippen molar-refractivity contribution >= 4 is 21.7 Å². The molecule has 2 aromatic rings. The van der Waals surface area contributed by atoms with Gasteiger partial charge in [0.05, 0.1) is 16.6 Å². The van der Waals surface area contributed by atoms with Gasteiger partial charge < -0.3 is 0 Å². The molecule has 8 heteroatoms. The summed E-state index contributed by atoms with van der Waals surface area (Å²) in [4.78, 5) is 36.5. The fraction of sp³-hybridized carbons (Fsp3) is 0.0833. The predicted molar refractivity (Wildman–Crippen MR) is 69.7 cm³/mol. The maximum atomic E-state index is 13.4. The Morgan fingerprint density at radius 3 is 2.65 bits per heavy atom. The van der Waals surface area contributed by atoms with Crippen LogP contribution in [0.3, 0.4) is 0 Å². The average Bonchev–Trinajstić information content (AvgIpc) is 2.35. The maximum Gasteiger partial charge on any atom is 0.328 e. The molecule has 0 aliphatic carbocycles. The molecule has 0 saturated carbocycles. The van der Waals surface area contributed by atoms with E-state index in [0.717, 1.165) is 22.9 Å². The van der Waals surface area contributed by atoms with Crippen molar-refractivity contribution in [2.24, 2.45) is 0 Å². The van der Waals surface area contributed by atoms with Gasteiger partial charge in [0.2, 0.25) is 0 Å². The van der Waals surface area contributed by atoms with Gasteiger partial charge in [-0.3, -0.25) is 19.1 Å². The molecule has 20 heavy (non-hydrogen) atoms. The van der Waals surface area contributed by atoms with Crippen molar-refractivity contribution in [3.05, 3.63) is 66.9 Å². The van der Waals surface area contributed by atoms with Crippen LogP contribution in [0.15, 0.2) is 38.5 Å². The van der Waals surface area contributed by atoms with Crippen LogP contribution in [0.25, 0.3) is 0 Å². The lowest BCUT2D eigenvalue weighted by molar-refractivity contribution is 0.0966. The lowest BCUT2D eigenvalue weighted by atomic mass is 10.1. The van der Waals surface area contributed by atoms with E-state index in [1.54, 1.807) is 0 Å². The van der Waals surface area contributed by atoms with Crippen molar-refractivity contribution < 1.29 is 13.6 Å². The second-order valence-electron chi connectivity index (χ2n) is 3.91. The van der Waals surface area contributed by atoms with E-state index in [1.165, 1.54) is 0 Å². The zero-order chi connectivity index (χ0) is 14.9. The van der Waals surface area contributed by atoms with Crippen molar-refractivity contribution in [3.8, 4) is 0 Å². The Hall–Kier alpha value is -2.09. The van der Waals surface area contributed by atoms with Crippen LogP contribution in [0, 0.1) is 11.6 Å². The van der Waals surface area contributed by atoms with E-state index in [2.05, 4.69) is 15.9 Å². The number of Topliss-reactive ketones (excluding diaryl/α,β-unsaturated/α-hetero) is 1. The lowest BCUT2D eigenvalue weighted by Gasteiger charge is -2.06. The summed E-state index contributed by atoms with van der Waals surface area (Å²) in [6.07, 6.45) is 1.13.